The summed E-state index contributed by atoms with van der Waals surface area (Å²) in [5.41, 5.74) is 6.92. The van der Waals surface area contributed by atoms with Crippen molar-refractivity contribution in [1.82, 2.24) is 10.2 Å². The lowest BCUT2D eigenvalue weighted by Gasteiger charge is -2.29. The van der Waals surface area contributed by atoms with Crippen LogP contribution in [-0.2, 0) is 37.7 Å². The lowest BCUT2D eigenvalue weighted by Crippen LogP contribution is -2.53. The third-order valence-corrected chi connectivity index (χ3v) is 7.25. The van der Waals surface area contributed by atoms with Gasteiger partial charge in [-0.05, 0) is 18.1 Å². The Morgan fingerprint density at radius 3 is 2.53 bits per heavy atom. The zero-order chi connectivity index (χ0) is 24.2. The SMILES string of the molecule is CCc1cccc2c1NC(=O)C21NC(CC(N)=O)[C@H]2C(=O)N(Cc3ccccc3OC)C(=O)[C@H]21. The molecule has 4 N–H and O–H groups in total. The zero-order valence-corrected chi connectivity index (χ0v) is 19.0. The number of nitrogens with zero attached hydrogens (tertiary/aromatic N) is 1. The van der Waals surface area contributed by atoms with Gasteiger partial charge in [0.2, 0.25) is 23.6 Å². The van der Waals surface area contributed by atoms with Gasteiger partial charge in [0.05, 0.1) is 25.5 Å². The summed E-state index contributed by atoms with van der Waals surface area (Å²) in [5.74, 6) is -3.22. The molecule has 176 valence electrons. The lowest BCUT2D eigenvalue weighted by atomic mass is 9.76. The molecule has 2 aromatic rings. The van der Waals surface area contributed by atoms with Crippen LogP contribution in [0.3, 0.4) is 0 Å². The summed E-state index contributed by atoms with van der Waals surface area (Å²) in [7, 11) is 1.52. The molecule has 0 bridgehead atoms. The van der Waals surface area contributed by atoms with Gasteiger partial charge in [-0.25, -0.2) is 0 Å². The number of imide groups is 1. The van der Waals surface area contributed by atoms with Crippen molar-refractivity contribution in [3.63, 3.8) is 0 Å². The standard InChI is InChI=1S/C25H26N4O5/c1-3-13-8-6-9-15-21(13)27-24(33)25(15)20-19(16(28-25)11-18(26)30)22(31)29(23(20)32)12-14-7-4-5-10-17(14)34-2/h4-10,16,19-20,28H,3,11-12H2,1-2H3,(H2,26,30)(H,27,33)/t16?,19-,20+,25?/m1/s1. The van der Waals surface area contributed by atoms with E-state index in [1.54, 1.807) is 30.3 Å². The quantitative estimate of drug-likeness (QED) is 0.550. The average molecular weight is 463 g/mol. The number of carbonyl (C=O) groups excluding carboxylic acids is 4. The molecule has 2 aromatic carbocycles. The number of anilines is 1. The van der Waals surface area contributed by atoms with Crippen LogP contribution in [0.25, 0.3) is 0 Å². The zero-order valence-electron chi connectivity index (χ0n) is 19.0. The van der Waals surface area contributed by atoms with E-state index in [0.717, 1.165) is 5.56 Å². The highest BCUT2D eigenvalue weighted by Gasteiger charge is 2.70. The molecule has 2 saturated heterocycles. The van der Waals surface area contributed by atoms with Crippen LogP contribution in [0.5, 0.6) is 5.75 Å². The first kappa shape index (κ1) is 22.1. The van der Waals surface area contributed by atoms with Crippen LogP contribution in [0.1, 0.15) is 30.0 Å². The second-order valence-electron chi connectivity index (χ2n) is 8.95. The Hall–Kier alpha value is -3.72. The molecule has 0 saturated carbocycles. The number of carbonyl (C=O) groups is 4. The van der Waals surface area contributed by atoms with Crippen LogP contribution >= 0.6 is 0 Å². The molecule has 3 heterocycles. The third kappa shape index (κ3) is 2.96. The molecule has 4 atom stereocenters. The highest BCUT2D eigenvalue weighted by molar-refractivity contribution is 6.15. The van der Waals surface area contributed by atoms with Crippen LogP contribution in [-0.4, -0.2) is 41.7 Å². The van der Waals surface area contributed by atoms with Crippen LogP contribution < -0.4 is 21.1 Å². The van der Waals surface area contributed by atoms with Crippen LogP contribution in [0.2, 0.25) is 0 Å². The van der Waals surface area contributed by atoms with Crippen molar-refractivity contribution in [2.45, 2.75) is 37.9 Å². The van der Waals surface area contributed by atoms with Gasteiger partial charge >= 0.3 is 0 Å². The van der Waals surface area contributed by atoms with Gasteiger partial charge in [0.15, 0.2) is 0 Å². The van der Waals surface area contributed by atoms with Gasteiger partial charge in [0.1, 0.15) is 11.3 Å². The molecule has 1 spiro atoms. The van der Waals surface area contributed by atoms with Crippen LogP contribution in [0, 0.1) is 11.8 Å². The van der Waals surface area contributed by atoms with Gasteiger partial charge in [0.25, 0.3) is 0 Å². The summed E-state index contributed by atoms with van der Waals surface area (Å²) in [6.07, 6.45) is 0.520. The van der Waals surface area contributed by atoms with Crippen molar-refractivity contribution in [2.24, 2.45) is 17.6 Å². The molecule has 3 aliphatic rings. The molecule has 2 fully saturated rings. The highest BCUT2D eigenvalue weighted by Crippen LogP contribution is 2.54. The predicted molar refractivity (Wildman–Crippen MR) is 122 cm³/mol. The Morgan fingerprint density at radius 2 is 1.82 bits per heavy atom. The molecule has 34 heavy (non-hydrogen) atoms. The molecule has 9 heteroatoms. The molecule has 3 aliphatic heterocycles. The van der Waals surface area contributed by atoms with E-state index >= 15 is 0 Å². The summed E-state index contributed by atoms with van der Waals surface area (Å²) in [4.78, 5) is 54.0. The molecular weight excluding hydrogens is 436 g/mol. The molecule has 5 rings (SSSR count). The number of primary amides is 1. The molecule has 9 nitrogen and oxygen atoms in total. The first-order chi connectivity index (χ1) is 16.3. The van der Waals surface area contributed by atoms with Gasteiger partial charge in [-0.3, -0.25) is 29.4 Å². The first-order valence-electron chi connectivity index (χ1n) is 11.3. The number of fused-ring (bicyclic) bond motifs is 4. The van der Waals surface area contributed by atoms with Crippen LogP contribution in [0.4, 0.5) is 5.69 Å². The molecule has 0 aliphatic carbocycles. The fourth-order valence-electron chi connectivity index (χ4n) is 5.80. The minimum Gasteiger partial charge on any atom is -0.496 e. The van der Waals surface area contributed by atoms with Gasteiger partial charge in [-0.1, -0.05) is 43.3 Å². The number of methoxy groups -OCH3 is 1. The van der Waals surface area contributed by atoms with Crippen molar-refractivity contribution < 1.29 is 23.9 Å². The number of hydrogen-bond acceptors (Lipinski definition) is 6. The number of rotatable bonds is 6. The largest absolute Gasteiger partial charge is 0.496 e. The Balaban J connectivity index is 1.62. The first-order valence-corrected chi connectivity index (χ1v) is 11.3. The maximum absolute atomic E-state index is 13.8. The van der Waals surface area contributed by atoms with E-state index in [1.165, 1.54) is 12.0 Å². The van der Waals surface area contributed by atoms with Crippen molar-refractivity contribution in [3.8, 4) is 5.75 Å². The van der Waals surface area contributed by atoms with E-state index in [2.05, 4.69) is 10.6 Å². The smallest absolute Gasteiger partial charge is 0.250 e. The van der Waals surface area contributed by atoms with Gasteiger partial charge in [-0.2, -0.15) is 0 Å². The van der Waals surface area contributed by atoms with Crippen molar-refractivity contribution in [3.05, 3.63) is 59.2 Å². The van der Waals surface area contributed by atoms with Gasteiger partial charge in [0, 0.05) is 29.3 Å². The lowest BCUT2D eigenvalue weighted by molar-refractivity contribution is -0.143. The number of nitrogens with two attached hydrogens (primary N) is 1. The summed E-state index contributed by atoms with van der Waals surface area (Å²) in [6.45, 7) is 1.99. The summed E-state index contributed by atoms with van der Waals surface area (Å²) < 4.78 is 5.39. The average Bonchev–Trinajstić information content (AvgIpc) is 3.39. The molecule has 0 radical (unpaired) electrons. The van der Waals surface area contributed by atoms with E-state index in [4.69, 9.17) is 10.5 Å². The fraction of sp³-hybridized carbons (Fsp3) is 0.360. The number of benzene rings is 2. The maximum Gasteiger partial charge on any atom is 0.250 e. The molecule has 0 aromatic heterocycles. The summed E-state index contributed by atoms with van der Waals surface area (Å²) >= 11 is 0. The molecule has 2 unspecified atom stereocenters. The van der Waals surface area contributed by atoms with E-state index in [0.29, 0.717) is 29.0 Å². The van der Waals surface area contributed by atoms with Crippen molar-refractivity contribution in [1.29, 1.82) is 0 Å². The third-order valence-electron chi connectivity index (χ3n) is 7.25. The Bertz CT molecular complexity index is 1230. The Labute approximate surface area is 196 Å². The number of hydrogen-bond donors (Lipinski definition) is 3. The van der Waals surface area contributed by atoms with Crippen LogP contribution in [0.15, 0.2) is 42.5 Å². The molecule has 4 amide bonds. The Kier molecular flexibility index (Phi) is 5.16. The predicted octanol–water partition coefficient (Wildman–Crippen LogP) is 1.05. The minimum absolute atomic E-state index is 0.0114. The number of ether oxygens (including phenoxy) is 1. The fourth-order valence-corrected chi connectivity index (χ4v) is 5.80. The topological polar surface area (TPSA) is 131 Å². The Morgan fingerprint density at radius 1 is 1.09 bits per heavy atom. The van der Waals surface area contributed by atoms with Gasteiger partial charge in [-0.15, -0.1) is 0 Å². The summed E-state index contributed by atoms with van der Waals surface area (Å²) in [5, 5.41) is 6.15. The monoisotopic (exact) mass is 462 g/mol. The number of nitrogens with one attached hydrogen (secondary N) is 2. The summed E-state index contributed by atoms with van der Waals surface area (Å²) in [6, 6.07) is 12.0. The number of aryl methyl sites for hydroxylation is 1. The van der Waals surface area contributed by atoms with Crippen molar-refractivity contribution >= 4 is 29.3 Å². The van der Waals surface area contributed by atoms with E-state index in [1.807, 2.05) is 19.1 Å². The van der Waals surface area contributed by atoms with E-state index in [-0.39, 0.29) is 13.0 Å². The van der Waals surface area contributed by atoms with E-state index in [9.17, 15) is 19.2 Å². The van der Waals surface area contributed by atoms with E-state index < -0.39 is 47.0 Å². The molecular formula is C25H26N4O5. The minimum atomic E-state index is -1.45. The highest BCUT2D eigenvalue weighted by atomic mass is 16.5. The number of amides is 4. The van der Waals surface area contributed by atoms with Crippen molar-refractivity contribution in [2.75, 3.05) is 12.4 Å². The maximum atomic E-state index is 13.8. The number of likely N-dealkylation sites (tertiary alicyclic amines) is 1. The number of para-hydroxylation sites is 2. The second-order valence-corrected chi connectivity index (χ2v) is 8.95. The normalized spacial score (nSPS) is 27.2. The second kappa shape index (κ2) is 7.95. The van der Waals surface area contributed by atoms with Gasteiger partial charge < -0.3 is 15.8 Å².